The molecule has 0 spiro atoms. The largest absolute Gasteiger partial charge is 0.486 e. The molecule has 140 valence electrons. The third-order valence-corrected chi connectivity index (χ3v) is 4.90. The Labute approximate surface area is 157 Å². The van der Waals surface area contributed by atoms with Crippen LogP contribution in [0.15, 0.2) is 48.7 Å². The predicted molar refractivity (Wildman–Crippen MR) is 98.3 cm³/mol. The molecule has 7 nitrogen and oxygen atoms in total. The second-order valence-electron chi connectivity index (χ2n) is 6.68. The number of carbonyl (C=O) groups is 2. The van der Waals surface area contributed by atoms with Crippen LogP contribution in [0.5, 0.6) is 5.75 Å². The van der Waals surface area contributed by atoms with Crippen molar-refractivity contribution in [2.24, 2.45) is 0 Å². The molecule has 1 fully saturated rings. The second-order valence-corrected chi connectivity index (χ2v) is 6.68. The Bertz CT molecular complexity index is 842. The van der Waals surface area contributed by atoms with Gasteiger partial charge in [-0.1, -0.05) is 18.2 Å². The third kappa shape index (κ3) is 3.38. The molecular formula is C20H21N3O4. The monoisotopic (exact) mass is 367 g/mol. The molecule has 2 aromatic rings. The van der Waals surface area contributed by atoms with E-state index in [1.807, 2.05) is 42.5 Å². The van der Waals surface area contributed by atoms with Crippen molar-refractivity contribution in [2.75, 3.05) is 25.2 Å². The van der Waals surface area contributed by atoms with Crippen molar-refractivity contribution in [1.82, 2.24) is 9.88 Å². The summed E-state index contributed by atoms with van der Waals surface area (Å²) in [6.45, 7) is 0.640. The zero-order valence-electron chi connectivity index (χ0n) is 15.1. The lowest BCUT2D eigenvalue weighted by atomic mass is 10.1. The molecular weight excluding hydrogens is 346 g/mol. The van der Waals surface area contributed by atoms with Gasteiger partial charge >= 0.3 is 0 Å². The third-order valence-electron chi connectivity index (χ3n) is 4.90. The Balaban J connectivity index is 1.72. The first-order valence-corrected chi connectivity index (χ1v) is 8.92. The van der Waals surface area contributed by atoms with Crippen molar-refractivity contribution in [3.63, 3.8) is 0 Å². The first kappa shape index (κ1) is 17.5. The van der Waals surface area contributed by atoms with Crippen molar-refractivity contribution in [2.45, 2.75) is 25.1 Å². The highest BCUT2D eigenvalue weighted by atomic mass is 16.5. The highest BCUT2D eigenvalue weighted by molar-refractivity contribution is 6.01. The van der Waals surface area contributed by atoms with Gasteiger partial charge < -0.3 is 19.3 Å². The van der Waals surface area contributed by atoms with Crippen LogP contribution in [0.2, 0.25) is 0 Å². The van der Waals surface area contributed by atoms with Crippen molar-refractivity contribution < 1.29 is 19.1 Å². The molecule has 2 aliphatic rings. The number of methoxy groups -OCH3 is 1. The van der Waals surface area contributed by atoms with Gasteiger partial charge in [-0.05, 0) is 24.3 Å². The van der Waals surface area contributed by atoms with Gasteiger partial charge in [0, 0.05) is 19.7 Å². The number of amides is 2. The number of ether oxygens (including phenoxy) is 2. The molecule has 0 N–H and O–H groups in total. The van der Waals surface area contributed by atoms with Crippen LogP contribution in [0.25, 0.3) is 0 Å². The maximum atomic E-state index is 13.5. The van der Waals surface area contributed by atoms with Crippen LogP contribution in [-0.2, 0) is 20.9 Å². The molecule has 0 radical (unpaired) electrons. The molecule has 0 aliphatic carbocycles. The zero-order chi connectivity index (χ0) is 18.8. The van der Waals surface area contributed by atoms with Crippen molar-refractivity contribution in [3.8, 4) is 5.75 Å². The number of aromatic nitrogens is 1. The summed E-state index contributed by atoms with van der Waals surface area (Å²) < 4.78 is 11.1. The van der Waals surface area contributed by atoms with Gasteiger partial charge in [-0.2, -0.15) is 0 Å². The van der Waals surface area contributed by atoms with Crippen LogP contribution in [0.3, 0.4) is 0 Å². The first-order chi connectivity index (χ1) is 13.2. The van der Waals surface area contributed by atoms with E-state index >= 15 is 0 Å². The van der Waals surface area contributed by atoms with E-state index in [0.717, 1.165) is 5.69 Å². The molecule has 3 heterocycles. The SMILES string of the molecule is COCC(=O)N1CC2CC1C(=O)N(Cc1ccccn1)c1ccccc1O2. The molecule has 27 heavy (non-hydrogen) atoms. The van der Waals surface area contributed by atoms with Gasteiger partial charge in [-0.25, -0.2) is 0 Å². The smallest absolute Gasteiger partial charge is 0.250 e. The van der Waals surface area contributed by atoms with Crippen LogP contribution in [0.4, 0.5) is 5.69 Å². The maximum absolute atomic E-state index is 13.5. The van der Waals surface area contributed by atoms with Crippen molar-refractivity contribution in [1.29, 1.82) is 0 Å². The molecule has 1 aromatic carbocycles. The quantitative estimate of drug-likeness (QED) is 0.821. The fourth-order valence-corrected chi connectivity index (χ4v) is 3.67. The molecule has 2 amide bonds. The van der Waals surface area contributed by atoms with Gasteiger partial charge in [0.1, 0.15) is 24.5 Å². The standard InChI is InChI=1S/C20H21N3O4/c1-26-13-19(24)22-12-15-10-17(22)20(25)23(11-14-6-4-5-9-21-14)16-7-2-3-8-18(16)27-15/h2-9,15,17H,10-13H2,1H3. The molecule has 0 saturated carbocycles. The van der Waals surface area contributed by atoms with Crippen LogP contribution >= 0.6 is 0 Å². The van der Waals surface area contributed by atoms with Crippen LogP contribution in [-0.4, -0.2) is 54.1 Å². The van der Waals surface area contributed by atoms with Gasteiger partial charge in [0.2, 0.25) is 11.8 Å². The molecule has 4 rings (SSSR count). The van der Waals surface area contributed by atoms with E-state index in [1.54, 1.807) is 16.0 Å². The van der Waals surface area contributed by atoms with Gasteiger partial charge in [0.25, 0.3) is 0 Å². The Hall–Kier alpha value is -2.93. The number of rotatable bonds is 4. The molecule has 1 aromatic heterocycles. The van der Waals surface area contributed by atoms with E-state index < -0.39 is 6.04 Å². The Morgan fingerprint density at radius 3 is 2.85 bits per heavy atom. The summed E-state index contributed by atoms with van der Waals surface area (Å²) in [7, 11) is 1.47. The fraction of sp³-hybridized carbons (Fsp3) is 0.350. The van der Waals surface area contributed by atoms with Crippen molar-refractivity contribution in [3.05, 3.63) is 54.4 Å². The molecule has 2 bridgehead atoms. The first-order valence-electron chi connectivity index (χ1n) is 8.92. The lowest BCUT2D eigenvalue weighted by Crippen LogP contribution is -2.48. The number of nitrogens with zero attached hydrogens (tertiary/aromatic N) is 3. The number of fused-ring (bicyclic) bond motifs is 3. The minimum atomic E-state index is -0.560. The minimum Gasteiger partial charge on any atom is -0.486 e. The number of pyridine rings is 1. The molecule has 2 unspecified atom stereocenters. The number of anilines is 1. The van der Waals surface area contributed by atoms with E-state index in [4.69, 9.17) is 9.47 Å². The number of hydrogen-bond donors (Lipinski definition) is 0. The molecule has 2 atom stereocenters. The maximum Gasteiger partial charge on any atom is 0.250 e. The van der Waals surface area contributed by atoms with E-state index in [-0.39, 0.29) is 24.5 Å². The second kappa shape index (κ2) is 7.36. The summed E-state index contributed by atoms with van der Waals surface area (Å²) in [5.41, 5.74) is 1.47. The Kier molecular flexibility index (Phi) is 4.77. The van der Waals surface area contributed by atoms with E-state index in [2.05, 4.69) is 4.98 Å². The number of hydrogen-bond acceptors (Lipinski definition) is 5. The lowest BCUT2D eigenvalue weighted by molar-refractivity contribution is -0.140. The average Bonchev–Trinajstić information content (AvgIpc) is 3.12. The molecule has 2 aliphatic heterocycles. The van der Waals surface area contributed by atoms with Crippen LogP contribution in [0.1, 0.15) is 12.1 Å². The summed E-state index contributed by atoms with van der Waals surface area (Å²) in [5, 5.41) is 0. The van der Waals surface area contributed by atoms with Gasteiger partial charge in [0.15, 0.2) is 0 Å². The van der Waals surface area contributed by atoms with Gasteiger partial charge in [-0.3, -0.25) is 14.6 Å². The fourth-order valence-electron chi connectivity index (χ4n) is 3.67. The number of para-hydroxylation sites is 2. The average molecular weight is 367 g/mol. The lowest BCUT2D eigenvalue weighted by Gasteiger charge is -2.31. The van der Waals surface area contributed by atoms with Gasteiger partial charge in [-0.15, -0.1) is 0 Å². The molecule has 7 heteroatoms. The summed E-state index contributed by atoms with van der Waals surface area (Å²) in [4.78, 5) is 33.5. The summed E-state index contributed by atoms with van der Waals surface area (Å²) in [6.07, 6.45) is 1.96. The van der Waals surface area contributed by atoms with Crippen LogP contribution < -0.4 is 9.64 Å². The molecule has 1 saturated heterocycles. The number of carbonyl (C=O) groups excluding carboxylic acids is 2. The Morgan fingerprint density at radius 1 is 1.26 bits per heavy atom. The topological polar surface area (TPSA) is 72.0 Å². The number of benzene rings is 1. The minimum absolute atomic E-state index is 0.0519. The normalized spacial score (nSPS) is 21.3. The summed E-state index contributed by atoms with van der Waals surface area (Å²) in [5.74, 6) is 0.320. The zero-order valence-corrected chi connectivity index (χ0v) is 15.1. The summed E-state index contributed by atoms with van der Waals surface area (Å²) in [6, 6.07) is 12.5. The van der Waals surface area contributed by atoms with Crippen molar-refractivity contribution >= 4 is 17.5 Å². The highest BCUT2D eigenvalue weighted by Crippen LogP contribution is 2.36. The van der Waals surface area contributed by atoms with Gasteiger partial charge in [0.05, 0.1) is 24.5 Å². The van der Waals surface area contributed by atoms with E-state index in [9.17, 15) is 9.59 Å². The van der Waals surface area contributed by atoms with Crippen LogP contribution in [0, 0.1) is 0 Å². The Morgan fingerprint density at radius 2 is 2.07 bits per heavy atom. The van der Waals surface area contributed by atoms with E-state index in [1.165, 1.54) is 7.11 Å². The van der Waals surface area contributed by atoms with E-state index in [0.29, 0.717) is 30.9 Å². The highest BCUT2D eigenvalue weighted by Gasteiger charge is 2.44. The predicted octanol–water partition coefficient (Wildman–Crippen LogP) is 1.62. The summed E-state index contributed by atoms with van der Waals surface area (Å²) >= 11 is 0. The number of likely N-dealkylation sites (tertiary alicyclic amines) is 1.